The van der Waals surface area contributed by atoms with E-state index in [1.165, 1.54) is 167 Å². The number of nitrogens with two attached hydrogens (primary N) is 1. The van der Waals surface area contributed by atoms with Gasteiger partial charge in [0.2, 0.25) is 0 Å². The van der Waals surface area contributed by atoms with Gasteiger partial charge in [-0.25, -0.2) is 4.57 Å². The molecule has 0 amide bonds. The van der Waals surface area contributed by atoms with Crippen LogP contribution in [0, 0.1) is 0 Å². The van der Waals surface area contributed by atoms with Crippen molar-refractivity contribution in [3.63, 3.8) is 0 Å². The molecular formula is C87H146NO8P. The summed E-state index contributed by atoms with van der Waals surface area (Å²) in [6, 6.07) is 0. The van der Waals surface area contributed by atoms with Gasteiger partial charge in [0.1, 0.15) is 6.61 Å². The van der Waals surface area contributed by atoms with Gasteiger partial charge in [0, 0.05) is 19.4 Å². The number of hydrogen-bond donors (Lipinski definition) is 2. The van der Waals surface area contributed by atoms with Crippen LogP contribution in [0.1, 0.15) is 335 Å². The summed E-state index contributed by atoms with van der Waals surface area (Å²) in [5, 5.41) is 0. The van der Waals surface area contributed by atoms with Gasteiger partial charge < -0.3 is 20.1 Å². The Morgan fingerprint density at radius 2 is 0.536 bits per heavy atom. The summed E-state index contributed by atoms with van der Waals surface area (Å²) in [7, 11) is -4.41. The standard InChI is InChI=1S/C87H146NO8P/c1-3-5-7-9-11-13-15-17-19-21-23-25-27-29-31-33-35-37-39-40-41-42-43-44-46-47-49-51-53-55-57-59-61-63-65-67-69-71-73-75-77-79-86(89)93-83-85(84-95-97(91,92)94-82-81-88)96-87(90)80-78-76-74-72-70-68-66-64-62-60-58-56-54-52-50-48-45-38-36-34-32-30-28-26-24-22-20-18-16-14-12-10-8-6-4-2/h5-8,11-14,17-20,23-26,29-32,36,38,48,50,54,56,60,62,85H,3-4,9-10,15-16,21-22,27-28,33-35,37,39-47,49,51-53,55,57-59,61,63-84,88H2,1-2H3,(H,91,92)/b7-5-,8-6-,13-11-,14-12-,19-17-,20-18-,25-23-,26-24-,31-29-,32-30-,38-36-,50-48-,56-54-,62-60-. The molecule has 0 aliphatic heterocycles. The maximum Gasteiger partial charge on any atom is 0.472 e. The molecule has 0 fully saturated rings. The molecule has 2 atom stereocenters. The Morgan fingerprint density at radius 3 is 0.794 bits per heavy atom. The first-order valence-corrected chi connectivity index (χ1v) is 41.1. The first-order chi connectivity index (χ1) is 47.8. The molecule has 552 valence electrons. The molecule has 0 rings (SSSR count). The van der Waals surface area contributed by atoms with Crippen molar-refractivity contribution >= 4 is 19.8 Å². The summed E-state index contributed by atoms with van der Waals surface area (Å²) in [5.41, 5.74) is 5.41. The van der Waals surface area contributed by atoms with Crippen LogP contribution >= 0.6 is 7.82 Å². The van der Waals surface area contributed by atoms with Crippen LogP contribution in [0.25, 0.3) is 0 Å². The summed E-state index contributed by atoms with van der Waals surface area (Å²) >= 11 is 0. The predicted octanol–water partition coefficient (Wildman–Crippen LogP) is 26.9. The zero-order valence-corrected chi connectivity index (χ0v) is 63.2. The molecule has 0 aliphatic carbocycles. The minimum atomic E-state index is -4.41. The van der Waals surface area contributed by atoms with Crippen molar-refractivity contribution in [1.29, 1.82) is 0 Å². The fraction of sp³-hybridized carbons (Fsp3) is 0.655. The van der Waals surface area contributed by atoms with Crippen LogP contribution in [0.3, 0.4) is 0 Å². The molecule has 2 unspecified atom stereocenters. The SMILES string of the molecule is CC/C=C\C/C=C\C/C=C\C/C=C\C/C=C\C/C=C\C/C=C\C/C=C\C/C=C\CCCCCCCCCC(=O)OC(COC(=O)CCCCCCCCCCCCCCCCCCCCCCCCCCC/C=C\C/C=C\C/C=C\C/C=C\C/C=C\CC)COP(=O)(O)OCCN. The van der Waals surface area contributed by atoms with Crippen LogP contribution in [0.4, 0.5) is 0 Å². The minimum absolute atomic E-state index is 0.0454. The fourth-order valence-corrected chi connectivity index (χ4v) is 11.6. The van der Waals surface area contributed by atoms with E-state index in [9.17, 15) is 19.0 Å². The molecule has 0 aromatic carbocycles. The number of phosphoric ester groups is 1. The number of carbonyl (C=O) groups excluding carboxylic acids is 2. The van der Waals surface area contributed by atoms with Crippen molar-refractivity contribution in [1.82, 2.24) is 0 Å². The van der Waals surface area contributed by atoms with Crippen LogP contribution in [0.2, 0.25) is 0 Å². The number of rotatable bonds is 73. The normalized spacial score (nSPS) is 13.8. The van der Waals surface area contributed by atoms with E-state index >= 15 is 0 Å². The van der Waals surface area contributed by atoms with E-state index in [1.54, 1.807) is 0 Å². The van der Waals surface area contributed by atoms with Gasteiger partial charge in [0.05, 0.1) is 13.2 Å². The van der Waals surface area contributed by atoms with Crippen LogP contribution in [-0.2, 0) is 32.7 Å². The van der Waals surface area contributed by atoms with E-state index in [2.05, 4.69) is 184 Å². The molecule has 0 spiro atoms. The predicted molar refractivity (Wildman–Crippen MR) is 422 cm³/mol. The van der Waals surface area contributed by atoms with E-state index in [0.717, 1.165) is 135 Å². The lowest BCUT2D eigenvalue weighted by Gasteiger charge is -2.19. The van der Waals surface area contributed by atoms with Gasteiger partial charge in [-0.3, -0.25) is 18.6 Å². The lowest BCUT2D eigenvalue weighted by molar-refractivity contribution is -0.161. The van der Waals surface area contributed by atoms with Crippen LogP contribution in [0.5, 0.6) is 0 Å². The molecular weight excluding hydrogens is 1220 g/mol. The number of esters is 2. The molecule has 0 radical (unpaired) electrons. The maximum absolute atomic E-state index is 12.8. The zero-order valence-electron chi connectivity index (χ0n) is 62.3. The molecule has 0 saturated carbocycles. The molecule has 10 heteroatoms. The molecule has 0 heterocycles. The van der Waals surface area contributed by atoms with Gasteiger partial charge >= 0.3 is 19.8 Å². The molecule has 3 N–H and O–H groups in total. The molecule has 0 bridgehead atoms. The summed E-state index contributed by atoms with van der Waals surface area (Å²) in [6.07, 6.45) is 119. The van der Waals surface area contributed by atoms with Gasteiger partial charge in [-0.2, -0.15) is 0 Å². The third-order valence-electron chi connectivity index (χ3n) is 16.6. The van der Waals surface area contributed by atoms with Crippen LogP contribution < -0.4 is 5.73 Å². The lowest BCUT2D eigenvalue weighted by atomic mass is 10.0. The highest BCUT2D eigenvalue weighted by Gasteiger charge is 2.26. The number of allylic oxidation sites excluding steroid dienone is 28. The second kappa shape index (κ2) is 80.3. The second-order valence-corrected chi connectivity index (χ2v) is 27.3. The fourth-order valence-electron chi connectivity index (χ4n) is 10.8. The van der Waals surface area contributed by atoms with E-state index < -0.39 is 26.5 Å². The number of ether oxygens (including phenoxy) is 2. The van der Waals surface area contributed by atoms with Gasteiger partial charge in [-0.15, -0.1) is 0 Å². The van der Waals surface area contributed by atoms with Crippen molar-refractivity contribution < 1.29 is 37.6 Å². The number of carbonyl (C=O) groups is 2. The zero-order chi connectivity index (χ0) is 70.0. The highest BCUT2D eigenvalue weighted by atomic mass is 31.2. The third-order valence-corrected chi connectivity index (χ3v) is 17.6. The average molecular weight is 1370 g/mol. The summed E-state index contributed by atoms with van der Waals surface area (Å²) < 4.78 is 33.2. The first-order valence-electron chi connectivity index (χ1n) is 39.6. The quantitative estimate of drug-likeness (QED) is 0.0264. The van der Waals surface area contributed by atoms with Gasteiger partial charge in [-0.1, -0.05) is 364 Å². The number of phosphoric acid groups is 1. The lowest BCUT2D eigenvalue weighted by Crippen LogP contribution is -2.29. The Balaban J connectivity index is 3.86. The largest absolute Gasteiger partial charge is 0.472 e. The highest BCUT2D eigenvalue weighted by Crippen LogP contribution is 2.43. The Morgan fingerprint density at radius 1 is 0.309 bits per heavy atom. The highest BCUT2D eigenvalue weighted by molar-refractivity contribution is 7.47. The van der Waals surface area contributed by atoms with Crippen molar-refractivity contribution in [3.8, 4) is 0 Å². The topological polar surface area (TPSA) is 134 Å². The van der Waals surface area contributed by atoms with Gasteiger partial charge in [0.25, 0.3) is 0 Å². The van der Waals surface area contributed by atoms with Crippen LogP contribution in [-0.4, -0.2) is 49.3 Å². The van der Waals surface area contributed by atoms with Crippen molar-refractivity contribution in [2.75, 3.05) is 26.4 Å². The molecule has 0 aromatic heterocycles. The Hall–Kier alpha value is -4.63. The van der Waals surface area contributed by atoms with Crippen LogP contribution in [0.15, 0.2) is 170 Å². The van der Waals surface area contributed by atoms with Crippen molar-refractivity contribution in [3.05, 3.63) is 170 Å². The van der Waals surface area contributed by atoms with E-state index in [1.807, 2.05) is 0 Å². The second-order valence-electron chi connectivity index (χ2n) is 25.8. The van der Waals surface area contributed by atoms with E-state index in [0.29, 0.717) is 6.42 Å². The summed E-state index contributed by atoms with van der Waals surface area (Å²) in [6.45, 7) is 3.52. The monoisotopic (exact) mass is 1360 g/mol. The van der Waals surface area contributed by atoms with E-state index in [-0.39, 0.29) is 38.6 Å². The Labute approximate surface area is 597 Å². The third kappa shape index (κ3) is 80.2. The number of unbranched alkanes of at least 4 members (excludes halogenated alkanes) is 32. The minimum Gasteiger partial charge on any atom is -0.462 e. The molecule has 0 saturated heterocycles. The summed E-state index contributed by atoms with van der Waals surface area (Å²) in [4.78, 5) is 35.5. The summed E-state index contributed by atoms with van der Waals surface area (Å²) in [5.74, 6) is -0.838. The molecule has 9 nitrogen and oxygen atoms in total. The maximum atomic E-state index is 12.8. The first kappa shape index (κ1) is 92.4. The molecule has 0 aromatic rings. The van der Waals surface area contributed by atoms with Gasteiger partial charge in [-0.05, 0) is 128 Å². The Kier molecular flexibility index (Phi) is 76.5. The van der Waals surface area contributed by atoms with E-state index in [4.69, 9.17) is 24.3 Å². The molecule has 0 aliphatic rings. The van der Waals surface area contributed by atoms with Crippen molar-refractivity contribution in [2.45, 2.75) is 341 Å². The van der Waals surface area contributed by atoms with Crippen molar-refractivity contribution in [2.24, 2.45) is 5.73 Å². The molecule has 97 heavy (non-hydrogen) atoms. The smallest absolute Gasteiger partial charge is 0.462 e. The van der Waals surface area contributed by atoms with Gasteiger partial charge in [0.15, 0.2) is 6.10 Å². The number of hydrogen-bond acceptors (Lipinski definition) is 8. The average Bonchev–Trinajstić information content (AvgIpc) is 2.69. The Bertz CT molecular complexity index is 2210.